The largest absolute Gasteiger partial charge is 0.466 e. The first-order chi connectivity index (χ1) is 11.2. The molecule has 0 fully saturated rings. The molecule has 6 heteroatoms. The van der Waals surface area contributed by atoms with E-state index in [1.165, 1.54) is 0 Å². The smallest absolute Gasteiger partial charge is 0.305 e. The molecule has 0 aliphatic carbocycles. The van der Waals surface area contributed by atoms with E-state index in [0.29, 0.717) is 23.6 Å². The van der Waals surface area contributed by atoms with Crippen LogP contribution in [0.5, 0.6) is 0 Å². The van der Waals surface area contributed by atoms with E-state index in [2.05, 4.69) is 10.2 Å². The fraction of sp³-hybridized carbons (Fsp3) is 0.294. The lowest BCUT2D eigenvalue weighted by Gasteiger charge is -2.11. The predicted octanol–water partition coefficient (Wildman–Crippen LogP) is 3.48. The third-order valence-corrected chi connectivity index (χ3v) is 3.42. The van der Waals surface area contributed by atoms with Gasteiger partial charge in [-0.1, -0.05) is 35.5 Å². The number of nitrogens with two attached hydrogens (primary N) is 1. The molecule has 1 unspecified atom stereocenters. The van der Waals surface area contributed by atoms with E-state index >= 15 is 0 Å². The summed E-state index contributed by atoms with van der Waals surface area (Å²) in [6.07, 6.45) is 1.98. The molecular weight excluding hydrogens is 294 g/mol. The minimum Gasteiger partial charge on any atom is -0.466 e. The van der Waals surface area contributed by atoms with Gasteiger partial charge >= 0.3 is 5.97 Å². The Morgan fingerprint density at radius 3 is 2.70 bits per heavy atom. The van der Waals surface area contributed by atoms with Crippen LogP contribution >= 0.6 is 0 Å². The third kappa shape index (κ3) is 4.35. The molecule has 1 aromatic carbocycles. The van der Waals surface area contributed by atoms with Crippen LogP contribution in [0.2, 0.25) is 0 Å². The van der Waals surface area contributed by atoms with Crippen LogP contribution in [-0.4, -0.2) is 17.6 Å². The summed E-state index contributed by atoms with van der Waals surface area (Å²) in [5, 5.41) is 3.08. The van der Waals surface area contributed by atoms with Gasteiger partial charge in [-0.25, -0.2) is 0 Å². The van der Waals surface area contributed by atoms with Gasteiger partial charge < -0.3 is 10.5 Å². The molecule has 120 valence electrons. The van der Waals surface area contributed by atoms with Crippen molar-refractivity contribution in [3.63, 3.8) is 0 Å². The molecule has 0 bridgehead atoms. The monoisotopic (exact) mass is 313 g/mol. The van der Waals surface area contributed by atoms with E-state index in [1.54, 1.807) is 19.2 Å². The van der Waals surface area contributed by atoms with Gasteiger partial charge in [-0.15, -0.1) is 0 Å². The topological polar surface area (TPSA) is 94.6 Å². The molecule has 0 amide bonds. The molecule has 0 spiro atoms. The number of nitroso groups, excluding NO2 is 1. The number of anilines is 1. The van der Waals surface area contributed by atoms with Crippen LogP contribution in [0.1, 0.15) is 31.4 Å². The number of carbonyl (C=O) groups is 1. The maximum atomic E-state index is 11.4. The quantitative estimate of drug-likeness (QED) is 0.623. The highest BCUT2D eigenvalue weighted by Crippen LogP contribution is 2.29. The van der Waals surface area contributed by atoms with Crippen LogP contribution in [0, 0.1) is 4.91 Å². The number of benzene rings is 1. The number of esters is 1. The van der Waals surface area contributed by atoms with Gasteiger partial charge in [0.15, 0.2) is 0 Å². The average Bonchev–Trinajstić information content (AvgIpc) is 2.56. The van der Waals surface area contributed by atoms with Crippen molar-refractivity contribution in [1.29, 1.82) is 0 Å². The second-order valence-corrected chi connectivity index (χ2v) is 5.04. The van der Waals surface area contributed by atoms with Gasteiger partial charge in [0.25, 0.3) is 0 Å². The number of ether oxygens (including phenoxy) is 1. The van der Waals surface area contributed by atoms with E-state index in [9.17, 15) is 9.70 Å². The molecule has 2 N–H and O–H groups in total. The Morgan fingerprint density at radius 2 is 2.09 bits per heavy atom. The Kier molecular flexibility index (Phi) is 5.80. The first-order valence-electron chi connectivity index (χ1n) is 7.44. The lowest BCUT2D eigenvalue weighted by molar-refractivity contribution is -0.143. The number of carbonyl (C=O) groups excluding carboxylic acids is 1. The lowest BCUT2D eigenvalue weighted by Crippen LogP contribution is -2.07. The van der Waals surface area contributed by atoms with E-state index in [1.807, 2.05) is 30.3 Å². The molecule has 1 atom stereocenters. The highest BCUT2D eigenvalue weighted by molar-refractivity contribution is 5.73. The maximum absolute atomic E-state index is 11.4. The van der Waals surface area contributed by atoms with Crippen molar-refractivity contribution in [2.75, 3.05) is 12.3 Å². The number of hydrogen-bond donors (Lipinski definition) is 1. The highest BCUT2D eigenvalue weighted by Gasteiger charge is 2.17. The highest BCUT2D eigenvalue weighted by atomic mass is 16.5. The van der Waals surface area contributed by atoms with Crippen molar-refractivity contribution in [3.8, 4) is 11.3 Å². The van der Waals surface area contributed by atoms with Crippen molar-refractivity contribution in [1.82, 2.24) is 4.98 Å². The first-order valence-corrected chi connectivity index (χ1v) is 7.44. The minimum absolute atomic E-state index is 0.130. The summed E-state index contributed by atoms with van der Waals surface area (Å²) in [6, 6.07) is 10.6. The summed E-state index contributed by atoms with van der Waals surface area (Å²) in [4.78, 5) is 26.8. The van der Waals surface area contributed by atoms with Crippen LogP contribution < -0.4 is 5.73 Å². The SMILES string of the molecule is CCOC(=O)CCC(N=O)c1cnc(-c2ccccc2)c(N)c1. The summed E-state index contributed by atoms with van der Waals surface area (Å²) < 4.78 is 4.85. The van der Waals surface area contributed by atoms with Gasteiger partial charge in [-0.3, -0.25) is 9.78 Å². The second kappa shape index (κ2) is 8.03. The van der Waals surface area contributed by atoms with Crippen LogP contribution in [-0.2, 0) is 9.53 Å². The molecule has 1 aromatic heterocycles. The van der Waals surface area contributed by atoms with Crippen molar-refractivity contribution in [3.05, 3.63) is 53.1 Å². The number of pyridine rings is 1. The molecule has 2 aromatic rings. The summed E-state index contributed by atoms with van der Waals surface area (Å²) in [5.74, 6) is -0.344. The zero-order valence-electron chi connectivity index (χ0n) is 12.9. The Bertz CT molecular complexity index is 674. The van der Waals surface area contributed by atoms with Crippen LogP contribution in [0.15, 0.2) is 47.8 Å². The summed E-state index contributed by atoms with van der Waals surface area (Å²) in [7, 11) is 0. The van der Waals surface area contributed by atoms with Crippen molar-refractivity contribution in [2.24, 2.45) is 5.18 Å². The minimum atomic E-state index is -0.668. The molecule has 0 aliphatic heterocycles. The average molecular weight is 313 g/mol. The molecule has 0 aliphatic rings. The van der Waals surface area contributed by atoms with Gasteiger partial charge in [0.1, 0.15) is 6.04 Å². The number of nitrogens with zero attached hydrogens (tertiary/aromatic N) is 2. The Morgan fingerprint density at radius 1 is 1.35 bits per heavy atom. The van der Waals surface area contributed by atoms with Crippen molar-refractivity contribution in [2.45, 2.75) is 25.8 Å². The van der Waals surface area contributed by atoms with Gasteiger partial charge in [0, 0.05) is 23.7 Å². The zero-order valence-corrected chi connectivity index (χ0v) is 12.9. The predicted molar refractivity (Wildman–Crippen MR) is 88.5 cm³/mol. The molecular formula is C17H19N3O3. The first kappa shape index (κ1) is 16.6. The normalized spacial score (nSPS) is 11.7. The Labute approximate surface area is 134 Å². The van der Waals surface area contributed by atoms with Gasteiger partial charge in [-0.05, 0) is 19.4 Å². The summed E-state index contributed by atoms with van der Waals surface area (Å²) >= 11 is 0. The Balaban J connectivity index is 2.14. The van der Waals surface area contributed by atoms with Crippen LogP contribution in [0.3, 0.4) is 0 Å². The van der Waals surface area contributed by atoms with Gasteiger partial charge in [0.05, 0.1) is 18.0 Å². The van der Waals surface area contributed by atoms with E-state index in [4.69, 9.17) is 10.5 Å². The van der Waals surface area contributed by atoms with Crippen molar-refractivity contribution >= 4 is 11.7 Å². The molecule has 0 radical (unpaired) electrons. The third-order valence-electron chi connectivity index (χ3n) is 3.42. The summed E-state index contributed by atoms with van der Waals surface area (Å²) in [5.41, 5.74) is 8.68. The van der Waals surface area contributed by atoms with Gasteiger partial charge in [0.2, 0.25) is 0 Å². The van der Waals surface area contributed by atoms with Crippen LogP contribution in [0.25, 0.3) is 11.3 Å². The fourth-order valence-corrected chi connectivity index (χ4v) is 2.29. The molecule has 6 nitrogen and oxygen atoms in total. The lowest BCUT2D eigenvalue weighted by atomic mass is 10.0. The van der Waals surface area contributed by atoms with E-state index < -0.39 is 6.04 Å². The fourth-order valence-electron chi connectivity index (χ4n) is 2.29. The van der Waals surface area contributed by atoms with Crippen molar-refractivity contribution < 1.29 is 9.53 Å². The number of rotatable bonds is 7. The molecule has 0 saturated carbocycles. The maximum Gasteiger partial charge on any atom is 0.305 e. The Hall–Kier alpha value is -2.76. The molecule has 1 heterocycles. The standard InChI is InChI=1S/C17H19N3O3/c1-2-23-16(21)9-8-15(20-22)13-10-14(18)17(19-11-13)12-6-4-3-5-7-12/h3-7,10-11,15H,2,8-9,18H2,1H3. The number of nitrogen functional groups attached to an aromatic ring is 1. The van der Waals surface area contributed by atoms with E-state index in [-0.39, 0.29) is 18.8 Å². The van der Waals surface area contributed by atoms with Gasteiger partial charge in [-0.2, -0.15) is 4.91 Å². The van der Waals surface area contributed by atoms with E-state index in [0.717, 1.165) is 5.56 Å². The molecule has 2 rings (SSSR count). The second-order valence-electron chi connectivity index (χ2n) is 5.04. The molecule has 23 heavy (non-hydrogen) atoms. The zero-order chi connectivity index (χ0) is 16.7. The number of aromatic nitrogens is 1. The van der Waals surface area contributed by atoms with Crippen LogP contribution in [0.4, 0.5) is 5.69 Å². The molecule has 0 saturated heterocycles. The number of hydrogen-bond acceptors (Lipinski definition) is 6. The summed E-state index contributed by atoms with van der Waals surface area (Å²) in [6.45, 7) is 2.05.